The molecule has 0 spiro atoms. The minimum absolute atomic E-state index is 0.0373. The van der Waals surface area contributed by atoms with Crippen LogP contribution in [0.4, 0.5) is 0 Å². The van der Waals surface area contributed by atoms with Crippen LogP contribution < -0.4 is 15.4 Å². The Balaban J connectivity index is 1.50. The SMILES string of the molecule is Cn1cc([C@H]2CNC[C@@H]2C(=O)NC2COc3ccc(Cl)cc32)cn1. The molecule has 24 heavy (non-hydrogen) atoms. The summed E-state index contributed by atoms with van der Waals surface area (Å²) in [6.45, 7) is 1.90. The molecule has 1 fully saturated rings. The summed E-state index contributed by atoms with van der Waals surface area (Å²) in [4.78, 5) is 12.8. The van der Waals surface area contributed by atoms with E-state index in [4.69, 9.17) is 16.3 Å². The molecular weight excluding hydrogens is 328 g/mol. The van der Waals surface area contributed by atoms with Crippen molar-refractivity contribution in [2.24, 2.45) is 13.0 Å². The first kappa shape index (κ1) is 15.5. The number of fused-ring (bicyclic) bond motifs is 1. The van der Waals surface area contributed by atoms with Gasteiger partial charge in [-0.3, -0.25) is 9.48 Å². The van der Waals surface area contributed by atoms with Crippen LogP contribution in [-0.2, 0) is 11.8 Å². The number of amides is 1. The molecule has 1 amide bonds. The first-order chi connectivity index (χ1) is 11.6. The molecule has 126 valence electrons. The van der Waals surface area contributed by atoms with Crippen LogP contribution in [0.5, 0.6) is 5.75 Å². The number of halogens is 1. The molecule has 0 radical (unpaired) electrons. The minimum Gasteiger partial charge on any atom is -0.491 e. The summed E-state index contributed by atoms with van der Waals surface area (Å²) in [6, 6.07) is 5.35. The van der Waals surface area contributed by atoms with E-state index in [0.717, 1.165) is 23.4 Å². The quantitative estimate of drug-likeness (QED) is 0.886. The van der Waals surface area contributed by atoms with Gasteiger partial charge in [-0.1, -0.05) is 11.6 Å². The Labute approximate surface area is 145 Å². The van der Waals surface area contributed by atoms with E-state index < -0.39 is 0 Å². The molecule has 3 atom stereocenters. The normalized spacial score (nSPS) is 25.3. The monoisotopic (exact) mass is 346 g/mol. The Bertz CT molecular complexity index is 776. The number of rotatable bonds is 3. The molecule has 1 aromatic carbocycles. The van der Waals surface area contributed by atoms with Crippen LogP contribution >= 0.6 is 11.6 Å². The van der Waals surface area contributed by atoms with Crippen molar-refractivity contribution in [3.63, 3.8) is 0 Å². The number of nitrogens with one attached hydrogen (secondary N) is 2. The van der Waals surface area contributed by atoms with E-state index >= 15 is 0 Å². The average Bonchev–Trinajstić information content (AvgIpc) is 3.27. The highest BCUT2D eigenvalue weighted by molar-refractivity contribution is 6.30. The van der Waals surface area contributed by atoms with Crippen LogP contribution in [0.25, 0.3) is 0 Å². The molecule has 3 heterocycles. The van der Waals surface area contributed by atoms with Gasteiger partial charge in [0.25, 0.3) is 0 Å². The molecule has 0 aliphatic carbocycles. The van der Waals surface area contributed by atoms with Gasteiger partial charge in [0.2, 0.25) is 5.91 Å². The van der Waals surface area contributed by atoms with Gasteiger partial charge < -0.3 is 15.4 Å². The van der Waals surface area contributed by atoms with E-state index in [1.165, 1.54) is 0 Å². The van der Waals surface area contributed by atoms with Crippen LogP contribution in [0.1, 0.15) is 23.1 Å². The summed E-state index contributed by atoms with van der Waals surface area (Å²) in [6.07, 6.45) is 3.82. The molecule has 1 unspecified atom stereocenters. The molecule has 2 N–H and O–H groups in total. The molecule has 1 aromatic heterocycles. The minimum atomic E-state index is -0.152. The Morgan fingerprint density at radius 3 is 3.12 bits per heavy atom. The lowest BCUT2D eigenvalue weighted by Gasteiger charge is -2.19. The van der Waals surface area contributed by atoms with Crippen molar-refractivity contribution in [1.82, 2.24) is 20.4 Å². The van der Waals surface area contributed by atoms with E-state index in [9.17, 15) is 4.79 Å². The van der Waals surface area contributed by atoms with Gasteiger partial charge in [-0.25, -0.2) is 0 Å². The zero-order valence-electron chi connectivity index (χ0n) is 13.3. The van der Waals surface area contributed by atoms with Gasteiger partial charge in [-0.2, -0.15) is 5.10 Å². The molecule has 0 bridgehead atoms. The van der Waals surface area contributed by atoms with Crippen molar-refractivity contribution in [2.45, 2.75) is 12.0 Å². The van der Waals surface area contributed by atoms with E-state index in [2.05, 4.69) is 15.7 Å². The number of nitrogens with zero attached hydrogens (tertiary/aromatic N) is 2. The number of benzene rings is 1. The molecule has 7 heteroatoms. The van der Waals surface area contributed by atoms with Crippen molar-refractivity contribution in [2.75, 3.05) is 19.7 Å². The van der Waals surface area contributed by atoms with Crippen LogP contribution in [0, 0.1) is 5.92 Å². The van der Waals surface area contributed by atoms with E-state index in [0.29, 0.717) is 18.2 Å². The molecular formula is C17H19ClN4O2. The van der Waals surface area contributed by atoms with Crippen LogP contribution in [0.2, 0.25) is 5.02 Å². The van der Waals surface area contributed by atoms with Crippen molar-refractivity contribution in [3.8, 4) is 5.75 Å². The molecule has 2 aliphatic heterocycles. The smallest absolute Gasteiger partial charge is 0.225 e. The van der Waals surface area contributed by atoms with Gasteiger partial charge in [0.05, 0.1) is 18.2 Å². The van der Waals surface area contributed by atoms with E-state index in [1.807, 2.05) is 31.6 Å². The second-order valence-corrected chi connectivity index (χ2v) is 6.81. The number of ether oxygens (including phenoxy) is 1. The lowest BCUT2D eigenvalue weighted by Crippen LogP contribution is -2.37. The van der Waals surface area contributed by atoms with Gasteiger partial charge in [0.1, 0.15) is 12.4 Å². The van der Waals surface area contributed by atoms with Gasteiger partial charge >= 0.3 is 0 Å². The standard InChI is InChI=1S/C17H19ClN4O2/c1-22-8-10(5-20-22)13-6-19-7-14(13)17(23)21-15-9-24-16-3-2-11(18)4-12(15)16/h2-5,8,13-15,19H,6-7,9H2,1H3,(H,21,23)/t13-,14+,15?/m1/s1. The second-order valence-electron chi connectivity index (χ2n) is 6.37. The van der Waals surface area contributed by atoms with Crippen LogP contribution in [0.15, 0.2) is 30.6 Å². The lowest BCUT2D eigenvalue weighted by atomic mass is 9.90. The van der Waals surface area contributed by atoms with Crippen molar-refractivity contribution in [1.29, 1.82) is 0 Å². The Kier molecular flexibility index (Phi) is 3.94. The summed E-state index contributed by atoms with van der Waals surface area (Å²) in [5.74, 6) is 0.852. The fourth-order valence-corrected chi connectivity index (χ4v) is 3.70. The summed E-state index contributed by atoms with van der Waals surface area (Å²) >= 11 is 6.07. The Hall–Kier alpha value is -2.05. The van der Waals surface area contributed by atoms with Gasteiger partial charge in [0.15, 0.2) is 0 Å². The first-order valence-electron chi connectivity index (χ1n) is 8.03. The summed E-state index contributed by atoms with van der Waals surface area (Å²) in [7, 11) is 1.89. The van der Waals surface area contributed by atoms with Gasteiger partial charge in [-0.15, -0.1) is 0 Å². The highest BCUT2D eigenvalue weighted by atomic mass is 35.5. The Morgan fingerprint density at radius 1 is 1.46 bits per heavy atom. The molecule has 2 aromatic rings. The molecule has 2 aliphatic rings. The van der Waals surface area contributed by atoms with Crippen molar-refractivity contribution < 1.29 is 9.53 Å². The fraction of sp³-hybridized carbons (Fsp3) is 0.412. The van der Waals surface area contributed by atoms with Gasteiger partial charge in [-0.05, 0) is 23.8 Å². The summed E-state index contributed by atoms with van der Waals surface area (Å²) in [5, 5.41) is 11.3. The molecule has 1 saturated heterocycles. The third-order valence-electron chi connectivity index (χ3n) is 4.77. The van der Waals surface area contributed by atoms with Crippen molar-refractivity contribution >= 4 is 17.5 Å². The largest absolute Gasteiger partial charge is 0.491 e. The highest BCUT2D eigenvalue weighted by Crippen LogP contribution is 2.35. The fourth-order valence-electron chi connectivity index (χ4n) is 3.52. The van der Waals surface area contributed by atoms with E-state index in [1.54, 1.807) is 10.7 Å². The van der Waals surface area contributed by atoms with Gasteiger partial charge in [0, 0.05) is 42.8 Å². The van der Waals surface area contributed by atoms with Crippen LogP contribution in [0.3, 0.4) is 0 Å². The lowest BCUT2D eigenvalue weighted by molar-refractivity contribution is -0.125. The topological polar surface area (TPSA) is 68.2 Å². The maximum absolute atomic E-state index is 12.8. The zero-order chi connectivity index (χ0) is 16.7. The number of aryl methyl sites for hydroxylation is 1. The predicted octanol–water partition coefficient (Wildman–Crippen LogP) is 1.63. The predicted molar refractivity (Wildman–Crippen MR) is 90.1 cm³/mol. The molecule has 0 saturated carbocycles. The number of carbonyl (C=O) groups excluding carboxylic acids is 1. The summed E-state index contributed by atoms with van der Waals surface area (Å²) < 4.78 is 7.41. The highest BCUT2D eigenvalue weighted by Gasteiger charge is 2.36. The second kappa shape index (κ2) is 6.11. The maximum atomic E-state index is 12.8. The van der Waals surface area contributed by atoms with Crippen LogP contribution in [-0.4, -0.2) is 35.4 Å². The number of hydrogen-bond donors (Lipinski definition) is 2. The summed E-state index contributed by atoms with van der Waals surface area (Å²) in [5.41, 5.74) is 2.04. The molecule has 6 nitrogen and oxygen atoms in total. The first-order valence-corrected chi connectivity index (χ1v) is 8.41. The molecule has 4 rings (SSSR count). The number of carbonyl (C=O) groups is 1. The average molecular weight is 347 g/mol. The third kappa shape index (κ3) is 2.76. The zero-order valence-corrected chi connectivity index (χ0v) is 14.1. The maximum Gasteiger partial charge on any atom is 0.225 e. The third-order valence-corrected chi connectivity index (χ3v) is 5.01. The Morgan fingerprint density at radius 2 is 2.33 bits per heavy atom. The number of hydrogen-bond acceptors (Lipinski definition) is 4. The number of aromatic nitrogens is 2. The van der Waals surface area contributed by atoms with Crippen molar-refractivity contribution in [3.05, 3.63) is 46.7 Å². The van der Waals surface area contributed by atoms with E-state index in [-0.39, 0.29) is 23.8 Å².